The summed E-state index contributed by atoms with van der Waals surface area (Å²) in [6.07, 6.45) is 0. The third-order valence-corrected chi connectivity index (χ3v) is 7.14. The summed E-state index contributed by atoms with van der Waals surface area (Å²) < 4.78 is 0. The van der Waals surface area contributed by atoms with E-state index in [9.17, 15) is 9.59 Å². The van der Waals surface area contributed by atoms with Gasteiger partial charge in [-0.05, 0) is 33.4 Å². The molecule has 190 valence electrons. The Morgan fingerprint density at radius 3 is 0.700 bits per heavy atom. The molecule has 0 heterocycles. The van der Waals surface area contributed by atoms with Crippen LogP contribution in [0.1, 0.15) is 31.8 Å². The molecule has 0 fully saturated rings. The van der Waals surface area contributed by atoms with Crippen LogP contribution in [-0.2, 0) is 0 Å². The van der Waals surface area contributed by atoms with Gasteiger partial charge < -0.3 is 0 Å². The Morgan fingerprint density at radius 1 is 0.250 bits per heavy atom. The number of hydrogen-bond donors (Lipinski definition) is 0. The van der Waals surface area contributed by atoms with Crippen LogP contribution in [0.3, 0.4) is 0 Å². The van der Waals surface area contributed by atoms with E-state index in [1.54, 1.807) is 0 Å². The van der Waals surface area contributed by atoms with E-state index in [4.69, 9.17) is 0 Å². The minimum Gasteiger partial charge on any atom is -0.289 e. The molecule has 0 aliphatic heterocycles. The third kappa shape index (κ3) is 5.29. The minimum absolute atomic E-state index is 0.0301. The molecular weight excluding hydrogens is 488 g/mol. The Balaban J connectivity index is 1.14. The van der Waals surface area contributed by atoms with Gasteiger partial charge in [-0.3, -0.25) is 9.59 Å². The first-order valence-corrected chi connectivity index (χ1v) is 13.3. The molecule has 0 unspecified atom stereocenters. The highest BCUT2D eigenvalue weighted by molar-refractivity contribution is 6.09. The molecule has 0 saturated heterocycles. The van der Waals surface area contributed by atoms with Crippen molar-refractivity contribution < 1.29 is 9.59 Å². The largest absolute Gasteiger partial charge is 0.289 e. The highest BCUT2D eigenvalue weighted by Crippen LogP contribution is 2.28. The molecule has 0 aliphatic carbocycles. The van der Waals surface area contributed by atoms with Gasteiger partial charge in [0, 0.05) is 22.3 Å². The van der Waals surface area contributed by atoms with E-state index in [1.807, 2.05) is 109 Å². The monoisotopic (exact) mass is 514 g/mol. The molecule has 0 aliphatic rings. The Bertz CT molecular complexity index is 1610. The molecule has 40 heavy (non-hydrogen) atoms. The van der Waals surface area contributed by atoms with Crippen LogP contribution >= 0.6 is 0 Å². The fraction of sp³-hybridized carbons (Fsp3) is 0. The van der Waals surface area contributed by atoms with Crippen LogP contribution in [0.25, 0.3) is 33.4 Å². The first kappa shape index (κ1) is 25.0. The molecular formula is C38H26O2. The number of ketones is 2. The lowest BCUT2D eigenvalue weighted by Gasteiger charge is -2.08. The zero-order valence-electron chi connectivity index (χ0n) is 21.8. The Hall–Kier alpha value is -5.34. The van der Waals surface area contributed by atoms with E-state index in [2.05, 4.69) is 48.5 Å². The van der Waals surface area contributed by atoms with Gasteiger partial charge in [-0.25, -0.2) is 0 Å². The third-order valence-electron chi connectivity index (χ3n) is 7.14. The quantitative estimate of drug-likeness (QED) is 0.199. The molecule has 6 aromatic rings. The van der Waals surface area contributed by atoms with Crippen molar-refractivity contribution in [1.29, 1.82) is 0 Å². The van der Waals surface area contributed by atoms with Gasteiger partial charge in [0.2, 0.25) is 0 Å². The lowest BCUT2D eigenvalue weighted by atomic mass is 9.96. The van der Waals surface area contributed by atoms with Crippen LogP contribution in [0.5, 0.6) is 0 Å². The van der Waals surface area contributed by atoms with Crippen LogP contribution in [0.15, 0.2) is 158 Å². The van der Waals surface area contributed by atoms with Gasteiger partial charge in [0.1, 0.15) is 0 Å². The Kier molecular flexibility index (Phi) is 6.98. The second kappa shape index (κ2) is 11.2. The molecule has 0 aromatic heterocycles. The zero-order valence-corrected chi connectivity index (χ0v) is 21.8. The first-order chi connectivity index (χ1) is 19.7. The molecule has 0 spiro atoms. The summed E-state index contributed by atoms with van der Waals surface area (Å²) >= 11 is 0. The van der Waals surface area contributed by atoms with Crippen molar-refractivity contribution >= 4 is 11.6 Å². The lowest BCUT2D eigenvalue weighted by Crippen LogP contribution is -2.00. The average Bonchev–Trinajstić information content (AvgIpc) is 3.05. The van der Waals surface area contributed by atoms with Gasteiger partial charge in [0.05, 0.1) is 0 Å². The van der Waals surface area contributed by atoms with Crippen molar-refractivity contribution in [3.8, 4) is 33.4 Å². The molecule has 6 rings (SSSR count). The lowest BCUT2D eigenvalue weighted by molar-refractivity contribution is 0.103. The number of carbonyl (C=O) groups is 2. The summed E-state index contributed by atoms with van der Waals surface area (Å²) in [7, 11) is 0. The van der Waals surface area contributed by atoms with E-state index < -0.39 is 0 Å². The highest BCUT2D eigenvalue weighted by atomic mass is 16.1. The second-order valence-corrected chi connectivity index (χ2v) is 9.70. The first-order valence-electron chi connectivity index (χ1n) is 13.3. The standard InChI is InChI=1S/C38H26O2/c39-37(33-7-3-1-4-8-33)35-23-19-31(20-24-35)29-15-11-27(12-16-29)28-13-17-30(18-14-28)32-21-25-36(26-22-32)38(40)34-9-5-2-6-10-34/h1-26H. The number of rotatable bonds is 7. The van der Waals surface area contributed by atoms with Crippen LogP contribution in [0.4, 0.5) is 0 Å². The van der Waals surface area contributed by atoms with Crippen molar-refractivity contribution in [3.05, 3.63) is 180 Å². The molecule has 2 nitrogen and oxygen atoms in total. The smallest absolute Gasteiger partial charge is 0.193 e. The fourth-order valence-electron chi connectivity index (χ4n) is 4.85. The summed E-state index contributed by atoms with van der Waals surface area (Å²) in [5.74, 6) is 0.0603. The molecule has 0 N–H and O–H groups in total. The maximum absolute atomic E-state index is 12.7. The van der Waals surface area contributed by atoms with Gasteiger partial charge in [-0.1, -0.05) is 158 Å². The van der Waals surface area contributed by atoms with Crippen molar-refractivity contribution in [2.24, 2.45) is 0 Å². The number of carbonyl (C=O) groups excluding carboxylic acids is 2. The molecule has 2 heteroatoms. The van der Waals surface area contributed by atoms with E-state index in [0.717, 1.165) is 33.4 Å². The van der Waals surface area contributed by atoms with Crippen molar-refractivity contribution in [3.63, 3.8) is 0 Å². The van der Waals surface area contributed by atoms with E-state index >= 15 is 0 Å². The molecule has 0 radical (unpaired) electrons. The van der Waals surface area contributed by atoms with Crippen LogP contribution < -0.4 is 0 Å². The topological polar surface area (TPSA) is 34.1 Å². The number of hydrogen-bond acceptors (Lipinski definition) is 2. The summed E-state index contributed by atoms with van der Waals surface area (Å²) in [5.41, 5.74) is 9.37. The molecule has 0 amide bonds. The summed E-state index contributed by atoms with van der Waals surface area (Å²) in [6.45, 7) is 0. The summed E-state index contributed by atoms with van der Waals surface area (Å²) in [6, 6.07) is 51.2. The van der Waals surface area contributed by atoms with Crippen molar-refractivity contribution in [2.45, 2.75) is 0 Å². The van der Waals surface area contributed by atoms with Gasteiger partial charge in [0.15, 0.2) is 11.6 Å². The fourth-order valence-corrected chi connectivity index (χ4v) is 4.85. The normalized spacial score (nSPS) is 10.7. The Labute approximate surface area is 234 Å². The van der Waals surface area contributed by atoms with E-state index in [0.29, 0.717) is 22.3 Å². The summed E-state index contributed by atoms with van der Waals surface area (Å²) in [4.78, 5) is 25.4. The highest BCUT2D eigenvalue weighted by Gasteiger charge is 2.10. The zero-order chi connectivity index (χ0) is 27.3. The van der Waals surface area contributed by atoms with Crippen molar-refractivity contribution in [2.75, 3.05) is 0 Å². The average molecular weight is 515 g/mol. The summed E-state index contributed by atoms with van der Waals surface area (Å²) in [5, 5.41) is 0. The SMILES string of the molecule is O=C(c1ccccc1)c1ccc(-c2ccc(-c3ccc(-c4ccc(C(=O)c5ccccc5)cc4)cc3)cc2)cc1. The van der Waals surface area contributed by atoms with Crippen LogP contribution in [0, 0.1) is 0 Å². The molecule has 6 aromatic carbocycles. The van der Waals surface area contributed by atoms with Gasteiger partial charge in [-0.2, -0.15) is 0 Å². The van der Waals surface area contributed by atoms with Crippen molar-refractivity contribution in [1.82, 2.24) is 0 Å². The maximum Gasteiger partial charge on any atom is 0.193 e. The van der Waals surface area contributed by atoms with Gasteiger partial charge in [0.25, 0.3) is 0 Å². The van der Waals surface area contributed by atoms with E-state index in [-0.39, 0.29) is 11.6 Å². The predicted octanol–water partition coefficient (Wildman–Crippen LogP) is 9.15. The van der Waals surface area contributed by atoms with Crippen LogP contribution in [-0.4, -0.2) is 11.6 Å². The minimum atomic E-state index is 0.0301. The molecule has 0 bridgehead atoms. The van der Waals surface area contributed by atoms with Gasteiger partial charge in [-0.15, -0.1) is 0 Å². The molecule has 0 saturated carbocycles. The van der Waals surface area contributed by atoms with E-state index in [1.165, 1.54) is 0 Å². The Morgan fingerprint density at radius 2 is 0.450 bits per heavy atom. The number of benzene rings is 6. The predicted molar refractivity (Wildman–Crippen MR) is 162 cm³/mol. The molecule has 0 atom stereocenters. The van der Waals surface area contributed by atoms with Gasteiger partial charge >= 0.3 is 0 Å². The maximum atomic E-state index is 12.7. The van der Waals surface area contributed by atoms with Crippen LogP contribution in [0.2, 0.25) is 0 Å². The second-order valence-electron chi connectivity index (χ2n) is 9.70.